The number of nitrogens with one attached hydrogen (secondary N) is 1. The van der Waals surface area contributed by atoms with Crippen molar-refractivity contribution in [1.29, 1.82) is 0 Å². The molecule has 0 spiro atoms. The molecule has 2 aromatic carbocycles. The van der Waals surface area contributed by atoms with Gasteiger partial charge in [0.05, 0.1) is 13.0 Å². The fourth-order valence-corrected chi connectivity index (χ4v) is 3.18. The number of benzene rings is 2. The van der Waals surface area contributed by atoms with E-state index in [1.54, 1.807) is 7.11 Å². The van der Waals surface area contributed by atoms with Crippen LogP contribution in [0.15, 0.2) is 40.9 Å². The van der Waals surface area contributed by atoms with E-state index < -0.39 is 0 Å². The highest BCUT2D eigenvalue weighted by atomic mass is 79.9. The van der Waals surface area contributed by atoms with Crippen LogP contribution < -0.4 is 10.1 Å². The lowest BCUT2D eigenvalue weighted by Gasteiger charge is -2.11. The number of carbonyl (C=O) groups is 1. The summed E-state index contributed by atoms with van der Waals surface area (Å²) in [4.78, 5) is 12.2. The molecule has 1 amide bonds. The number of hydrogen-bond acceptors (Lipinski definition) is 2. The third kappa shape index (κ3) is 2.68. The van der Waals surface area contributed by atoms with E-state index in [4.69, 9.17) is 4.74 Å². The first-order valence-corrected chi connectivity index (χ1v) is 7.61. The first kappa shape index (κ1) is 14.1. The lowest BCUT2D eigenvalue weighted by molar-refractivity contribution is -0.117. The van der Waals surface area contributed by atoms with Crippen LogP contribution in [0.1, 0.15) is 22.6 Å². The second kappa shape index (κ2) is 5.53. The maximum Gasteiger partial charge on any atom is 0.232 e. The van der Waals surface area contributed by atoms with E-state index in [1.807, 2.05) is 37.3 Å². The van der Waals surface area contributed by atoms with Gasteiger partial charge in [0.1, 0.15) is 5.75 Å². The van der Waals surface area contributed by atoms with Gasteiger partial charge < -0.3 is 10.1 Å². The average Bonchev–Trinajstić information content (AvgIpc) is 2.75. The van der Waals surface area contributed by atoms with Crippen molar-refractivity contribution in [2.24, 2.45) is 0 Å². The van der Waals surface area contributed by atoms with Crippen LogP contribution in [-0.2, 0) is 11.2 Å². The Kier molecular flexibility index (Phi) is 3.72. The Bertz CT molecular complexity index is 712. The van der Waals surface area contributed by atoms with Gasteiger partial charge in [-0.05, 0) is 54.3 Å². The van der Waals surface area contributed by atoms with Gasteiger partial charge >= 0.3 is 0 Å². The van der Waals surface area contributed by atoms with E-state index in [0.29, 0.717) is 6.42 Å². The fraction of sp³-hybridized carbons (Fsp3) is 0.235. The molecule has 0 saturated carbocycles. The number of aryl methyl sites for hydroxylation is 1. The number of amides is 1. The zero-order valence-corrected chi connectivity index (χ0v) is 13.5. The quantitative estimate of drug-likeness (QED) is 0.911. The molecule has 1 aliphatic heterocycles. The van der Waals surface area contributed by atoms with Gasteiger partial charge in [0, 0.05) is 10.2 Å². The fourth-order valence-electron chi connectivity index (χ4n) is 2.80. The highest BCUT2D eigenvalue weighted by molar-refractivity contribution is 9.10. The predicted molar refractivity (Wildman–Crippen MR) is 86.9 cm³/mol. The molecule has 0 fully saturated rings. The molecule has 4 heteroatoms. The van der Waals surface area contributed by atoms with E-state index in [-0.39, 0.29) is 11.8 Å². The van der Waals surface area contributed by atoms with Gasteiger partial charge in [0.25, 0.3) is 0 Å². The summed E-state index contributed by atoms with van der Waals surface area (Å²) >= 11 is 3.47. The predicted octanol–water partition coefficient (Wildman–Crippen LogP) is 4.04. The number of ether oxygens (including phenoxy) is 1. The number of methoxy groups -OCH3 is 1. The van der Waals surface area contributed by atoms with Gasteiger partial charge in [0.2, 0.25) is 5.91 Å². The Morgan fingerprint density at radius 1 is 1.24 bits per heavy atom. The molecule has 0 aromatic heterocycles. The number of anilines is 1. The van der Waals surface area contributed by atoms with Crippen molar-refractivity contribution in [3.05, 3.63) is 57.6 Å². The highest BCUT2D eigenvalue weighted by Crippen LogP contribution is 2.36. The summed E-state index contributed by atoms with van der Waals surface area (Å²) in [5.41, 5.74) is 4.20. The molecule has 3 rings (SSSR count). The molecule has 0 radical (unpaired) electrons. The van der Waals surface area contributed by atoms with Gasteiger partial charge in [-0.25, -0.2) is 0 Å². The molecular weight excluding hydrogens is 330 g/mol. The Hall–Kier alpha value is -1.81. The number of halogens is 1. The molecule has 0 aliphatic carbocycles. The standard InChI is InChI=1S/C17H16BrNO2/c1-10-7-11(3-6-16(10)21-2)8-14-13-9-12(18)4-5-15(13)19-17(14)20/h3-7,9,14H,8H2,1-2H3,(H,19,20). The van der Waals surface area contributed by atoms with Crippen LogP contribution in [0, 0.1) is 6.92 Å². The third-order valence-corrected chi connectivity index (χ3v) is 4.36. The van der Waals surface area contributed by atoms with Crippen LogP contribution in [0.5, 0.6) is 5.75 Å². The summed E-state index contributed by atoms with van der Waals surface area (Å²) < 4.78 is 6.27. The molecule has 3 nitrogen and oxygen atoms in total. The second-order valence-electron chi connectivity index (χ2n) is 5.28. The van der Waals surface area contributed by atoms with Gasteiger partial charge in [-0.15, -0.1) is 0 Å². The average molecular weight is 346 g/mol. The first-order valence-electron chi connectivity index (χ1n) is 6.82. The first-order chi connectivity index (χ1) is 10.1. The smallest absolute Gasteiger partial charge is 0.232 e. The second-order valence-corrected chi connectivity index (χ2v) is 6.20. The van der Waals surface area contributed by atoms with E-state index in [2.05, 4.69) is 27.3 Å². The minimum Gasteiger partial charge on any atom is -0.496 e. The molecule has 2 aromatic rings. The maximum atomic E-state index is 12.2. The number of rotatable bonds is 3. The van der Waals surface area contributed by atoms with Crippen molar-refractivity contribution in [3.63, 3.8) is 0 Å². The Morgan fingerprint density at radius 3 is 2.76 bits per heavy atom. The highest BCUT2D eigenvalue weighted by Gasteiger charge is 2.30. The summed E-state index contributed by atoms with van der Waals surface area (Å²) in [6, 6.07) is 12.0. The van der Waals surface area contributed by atoms with Gasteiger partial charge in [0.15, 0.2) is 0 Å². The SMILES string of the molecule is COc1ccc(CC2C(=O)Nc3ccc(Br)cc32)cc1C. The minimum absolute atomic E-state index is 0.0663. The summed E-state index contributed by atoms with van der Waals surface area (Å²) in [6.07, 6.45) is 0.695. The molecule has 21 heavy (non-hydrogen) atoms. The number of fused-ring (bicyclic) bond motifs is 1. The Morgan fingerprint density at radius 2 is 2.05 bits per heavy atom. The molecule has 1 atom stereocenters. The molecule has 0 bridgehead atoms. The topological polar surface area (TPSA) is 38.3 Å². The normalized spacial score (nSPS) is 16.5. The number of hydrogen-bond donors (Lipinski definition) is 1. The molecule has 108 valence electrons. The van der Waals surface area contributed by atoms with Crippen molar-refractivity contribution in [3.8, 4) is 5.75 Å². The van der Waals surface area contributed by atoms with E-state index in [9.17, 15) is 4.79 Å². The molecular formula is C17H16BrNO2. The van der Waals surface area contributed by atoms with Crippen molar-refractivity contribution >= 4 is 27.5 Å². The summed E-state index contributed by atoms with van der Waals surface area (Å²) in [5.74, 6) is 0.805. The zero-order valence-electron chi connectivity index (χ0n) is 11.9. The molecule has 1 unspecified atom stereocenters. The van der Waals surface area contributed by atoms with Crippen molar-refractivity contribution in [1.82, 2.24) is 0 Å². The monoisotopic (exact) mass is 345 g/mol. The molecule has 1 heterocycles. The molecule has 0 saturated heterocycles. The largest absolute Gasteiger partial charge is 0.496 e. The van der Waals surface area contributed by atoms with Crippen LogP contribution in [0.4, 0.5) is 5.69 Å². The Labute approximate surface area is 132 Å². The van der Waals surface area contributed by atoms with Crippen LogP contribution >= 0.6 is 15.9 Å². The van der Waals surface area contributed by atoms with Gasteiger partial charge in [-0.2, -0.15) is 0 Å². The van der Waals surface area contributed by atoms with Crippen molar-refractivity contribution in [2.45, 2.75) is 19.3 Å². The third-order valence-electron chi connectivity index (χ3n) is 3.86. The summed E-state index contributed by atoms with van der Waals surface area (Å²) in [6.45, 7) is 2.02. The van der Waals surface area contributed by atoms with Crippen molar-refractivity contribution < 1.29 is 9.53 Å². The maximum absolute atomic E-state index is 12.2. The van der Waals surface area contributed by atoms with Gasteiger partial charge in [-0.3, -0.25) is 4.79 Å². The molecule has 1 aliphatic rings. The van der Waals surface area contributed by atoms with Crippen LogP contribution in [0.25, 0.3) is 0 Å². The molecule has 1 N–H and O–H groups in total. The lowest BCUT2D eigenvalue weighted by Crippen LogP contribution is -2.14. The number of carbonyl (C=O) groups excluding carboxylic acids is 1. The Balaban J connectivity index is 1.90. The summed E-state index contributed by atoms with van der Waals surface area (Å²) in [5, 5.41) is 2.95. The minimum atomic E-state index is -0.134. The van der Waals surface area contributed by atoms with E-state index >= 15 is 0 Å². The van der Waals surface area contributed by atoms with Crippen molar-refractivity contribution in [2.75, 3.05) is 12.4 Å². The van der Waals surface area contributed by atoms with E-state index in [0.717, 1.165) is 32.6 Å². The van der Waals surface area contributed by atoms with Crippen LogP contribution in [0.3, 0.4) is 0 Å². The van der Waals surface area contributed by atoms with Gasteiger partial charge in [-0.1, -0.05) is 28.1 Å². The van der Waals surface area contributed by atoms with Crippen LogP contribution in [-0.4, -0.2) is 13.0 Å². The van der Waals surface area contributed by atoms with E-state index in [1.165, 1.54) is 0 Å². The van der Waals surface area contributed by atoms with Crippen LogP contribution in [0.2, 0.25) is 0 Å². The zero-order chi connectivity index (χ0) is 15.0. The lowest BCUT2D eigenvalue weighted by atomic mass is 9.92. The summed E-state index contributed by atoms with van der Waals surface area (Å²) in [7, 11) is 1.67.